The van der Waals surface area contributed by atoms with Crippen LogP contribution in [0.1, 0.15) is 44.6 Å². The van der Waals surface area contributed by atoms with Crippen LogP contribution in [0.4, 0.5) is 5.13 Å². The van der Waals surface area contributed by atoms with E-state index < -0.39 is 11.9 Å². The number of aromatic nitrogens is 1. The third-order valence-electron chi connectivity index (χ3n) is 6.36. The summed E-state index contributed by atoms with van der Waals surface area (Å²) in [5.74, 6) is -2.04. The molecule has 184 valence electrons. The number of anilines is 1. The smallest absolute Gasteiger partial charge is 0.304 e. The van der Waals surface area contributed by atoms with Gasteiger partial charge in [-0.25, -0.2) is 4.98 Å². The van der Waals surface area contributed by atoms with E-state index in [4.69, 9.17) is 16.6 Å². The molecule has 0 aliphatic carbocycles. The molecule has 1 aliphatic heterocycles. The topological polar surface area (TPSA) is 82.5 Å². The standard InChI is InChI=1S/C27H30ClN3O3S/c1-17(2)29-19-12-13-20(18-8-4-3-5-9-18)22(14-25(32)33)26(34)31(15-19)27-30-24(16-35-27)21-10-6-7-11-23(21)28/h3-11,16-17,19-20,22,29H,12-15H2,1-2H3,(H,32,33). The van der Waals surface area contributed by atoms with Crippen LogP contribution in [0.3, 0.4) is 0 Å². The number of carboxylic acids is 1. The average Bonchev–Trinajstić information content (AvgIpc) is 3.30. The molecular weight excluding hydrogens is 482 g/mol. The Morgan fingerprint density at radius 3 is 2.57 bits per heavy atom. The number of aliphatic carboxylic acids is 1. The SMILES string of the molecule is CC(C)NC1CCC(c2ccccc2)C(CC(=O)O)C(=O)N(c2nc(-c3ccccc3Cl)cs2)C1. The van der Waals surface area contributed by atoms with Gasteiger partial charge in [-0.15, -0.1) is 11.3 Å². The van der Waals surface area contributed by atoms with Gasteiger partial charge in [0, 0.05) is 34.6 Å². The number of halogens is 1. The van der Waals surface area contributed by atoms with Crippen molar-refractivity contribution < 1.29 is 14.7 Å². The van der Waals surface area contributed by atoms with Gasteiger partial charge >= 0.3 is 5.97 Å². The van der Waals surface area contributed by atoms with E-state index in [0.29, 0.717) is 22.4 Å². The van der Waals surface area contributed by atoms with E-state index in [1.807, 2.05) is 60.0 Å². The van der Waals surface area contributed by atoms with Crippen molar-refractivity contribution >= 4 is 39.9 Å². The molecule has 3 atom stereocenters. The van der Waals surface area contributed by atoms with Crippen molar-refractivity contribution in [3.05, 3.63) is 70.6 Å². The molecule has 8 heteroatoms. The second-order valence-corrected chi connectivity index (χ2v) is 10.5. The van der Waals surface area contributed by atoms with Gasteiger partial charge in [0.1, 0.15) is 0 Å². The molecular formula is C27H30ClN3O3S. The van der Waals surface area contributed by atoms with Crippen LogP contribution in [0, 0.1) is 5.92 Å². The normalized spacial score (nSPS) is 21.1. The quantitative estimate of drug-likeness (QED) is 0.417. The highest BCUT2D eigenvalue weighted by atomic mass is 35.5. The van der Waals surface area contributed by atoms with E-state index in [1.54, 1.807) is 4.90 Å². The minimum absolute atomic E-state index is 0.0589. The van der Waals surface area contributed by atoms with Crippen molar-refractivity contribution in [3.63, 3.8) is 0 Å². The molecule has 2 heterocycles. The van der Waals surface area contributed by atoms with Gasteiger partial charge in [-0.3, -0.25) is 14.5 Å². The van der Waals surface area contributed by atoms with Crippen molar-refractivity contribution in [2.45, 2.75) is 51.1 Å². The monoisotopic (exact) mass is 511 g/mol. The molecule has 1 aliphatic rings. The van der Waals surface area contributed by atoms with Crippen molar-refractivity contribution in [2.24, 2.45) is 5.92 Å². The number of thiazole rings is 1. The Kier molecular flexibility index (Phi) is 8.21. The van der Waals surface area contributed by atoms with Gasteiger partial charge < -0.3 is 10.4 Å². The maximum absolute atomic E-state index is 14.0. The van der Waals surface area contributed by atoms with Gasteiger partial charge in [-0.2, -0.15) is 0 Å². The minimum atomic E-state index is -0.974. The number of hydrogen-bond acceptors (Lipinski definition) is 5. The fourth-order valence-electron chi connectivity index (χ4n) is 4.83. The molecule has 0 radical (unpaired) electrons. The molecule has 2 N–H and O–H groups in total. The average molecular weight is 512 g/mol. The zero-order chi connectivity index (χ0) is 24.9. The predicted octanol–water partition coefficient (Wildman–Crippen LogP) is 5.83. The van der Waals surface area contributed by atoms with Crippen LogP contribution in [0.2, 0.25) is 5.02 Å². The summed E-state index contributed by atoms with van der Waals surface area (Å²) in [6, 6.07) is 17.6. The number of nitrogens with one attached hydrogen (secondary N) is 1. The van der Waals surface area contributed by atoms with Gasteiger partial charge in [-0.1, -0.05) is 74.0 Å². The van der Waals surface area contributed by atoms with E-state index in [1.165, 1.54) is 11.3 Å². The highest BCUT2D eigenvalue weighted by Crippen LogP contribution is 2.38. The van der Waals surface area contributed by atoms with Gasteiger partial charge in [0.05, 0.1) is 18.0 Å². The van der Waals surface area contributed by atoms with Gasteiger partial charge in [0.15, 0.2) is 5.13 Å². The van der Waals surface area contributed by atoms with Crippen molar-refractivity contribution in [3.8, 4) is 11.3 Å². The molecule has 1 aromatic heterocycles. The summed E-state index contributed by atoms with van der Waals surface area (Å²) < 4.78 is 0. The molecule has 0 saturated carbocycles. The Hall–Kier alpha value is -2.74. The third-order valence-corrected chi connectivity index (χ3v) is 7.56. The lowest BCUT2D eigenvalue weighted by Crippen LogP contribution is -2.50. The zero-order valence-corrected chi connectivity index (χ0v) is 21.4. The first-order chi connectivity index (χ1) is 16.8. The molecule has 0 bridgehead atoms. The Balaban J connectivity index is 1.74. The molecule has 0 spiro atoms. The summed E-state index contributed by atoms with van der Waals surface area (Å²) >= 11 is 7.77. The summed E-state index contributed by atoms with van der Waals surface area (Å²) in [7, 11) is 0. The van der Waals surface area contributed by atoms with Gasteiger partial charge in [-0.05, 0) is 30.4 Å². The first kappa shape index (κ1) is 25.4. The first-order valence-corrected chi connectivity index (χ1v) is 13.1. The summed E-state index contributed by atoms with van der Waals surface area (Å²) in [6.07, 6.45) is 1.33. The summed E-state index contributed by atoms with van der Waals surface area (Å²) in [5.41, 5.74) is 2.50. The van der Waals surface area contributed by atoms with E-state index in [9.17, 15) is 14.7 Å². The van der Waals surface area contributed by atoms with Crippen molar-refractivity contribution in [1.82, 2.24) is 10.3 Å². The van der Waals surface area contributed by atoms with Gasteiger partial charge in [0.25, 0.3) is 0 Å². The second kappa shape index (κ2) is 11.3. The molecule has 1 amide bonds. The van der Waals surface area contributed by atoms with Crippen LogP contribution in [0.25, 0.3) is 11.3 Å². The first-order valence-electron chi connectivity index (χ1n) is 11.9. The number of carboxylic acid groups (broad SMARTS) is 1. The van der Waals surface area contributed by atoms with E-state index >= 15 is 0 Å². The number of nitrogens with zero attached hydrogens (tertiary/aromatic N) is 2. The fraction of sp³-hybridized carbons (Fsp3) is 0.370. The molecule has 1 fully saturated rings. The summed E-state index contributed by atoms with van der Waals surface area (Å²) in [6.45, 7) is 4.61. The highest BCUT2D eigenvalue weighted by molar-refractivity contribution is 7.14. The van der Waals surface area contributed by atoms with Crippen LogP contribution in [-0.4, -0.2) is 40.6 Å². The maximum Gasteiger partial charge on any atom is 0.304 e. The molecule has 6 nitrogen and oxygen atoms in total. The molecule has 3 unspecified atom stereocenters. The molecule has 4 rings (SSSR count). The highest BCUT2D eigenvalue weighted by Gasteiger charge is 2.39. The lowest BCUT2D eigenvalue weighted by Gasteiger charge is -2.37. The van der Waals surface area contributed by atoms with Crippen molar-refractivity contribution in [2.75, 3.05) is 11.4 Å². The molecule has 2 aromatic carbocycles. The largest absolute Gasteiger partial charge is 0.481 e. The molecule has 35 heavy (non-hydrogen) atoms. The zero-order valence-electron chi connectivity index (χ0n) is 19.9. The number of benzene rings is 2. The Morgan fingerprint density at radius 2 is 1.89 bits per heavy atom. The number of hydrogen-bond donors (Lipinski definition) is 2. The fourth-order valence-corrected chi connectivity index (χ4v) is 5.91. The second-order valence-electron chi connectivity index (χ2n) is 9.26. The van der Waals surface area contributed by atoms with Crippen LogP contribution in [-0.2, 0) is 9.59 Å². The molecule has 3 aromatic rings. The van der Waals surface area contributed by atoms with Crippen LogP contribution in [0.15, 0.2) is 60.0 Å². The number of amides is 1. The van der Waals surface area contributed by atoms with E-state index in [2.05, 4.69) is 19.2 Å². The maximum atomic E-state index is 14.0. The third kappa shape index (κ3) is 6.10. The summed E-state index contributed by atoms with van der Waals surface area (Å²) in [5, 5.41) is 16.4. The Labute approximate surface area is 215 Å². The number of carbonyl (C=O) groups excluding carboxylic acids is 1. The summed E-state index contributed by atoms with van der Waals surface area (Å²) in [4.78, 5) is 32.4. The predicted molar refractivity (Wildman–Crippen MR) is 141 cm³/mol. The van der Waals surface area contributed by atoms with Crippen LogP contribution >= 0.6 is 22.9 Å². The number of rotatable bonds is 7. The van der Waals surface area contributed by atoms with Gasteiger partial charge in [0.2, 0.25) is 5.91 Å². The lowest BCUT2D eigenvalue weighted by atomic mass is 9.78. The molecule has 1 saturated heterocycles. The van der Waals surface area contributed by atoms with Crippen LogP contribution < -0.4 is 10.2 Å². The Morgan fingerprint density at radius 1 is 1.17 bits per heavy atom. The van der Waals surface area contributed by atoms with Crippen LogP contribution in [0.5, 0.6) is 0 Å². The Bertz CT molecular complexity index is 1170. The lowest BCUT2D eigenvalue weighted by molar-refractivity contribution is -0.141. The minimum Gasteiger partial charge on any atom is -0.481 e. The number of carbonyl (C=O) groups is 2. The van der Waals surface area contributed by atoms with E-state index in [0.717, 1.165) is 24.0 Å². The van der Waals surface area contributed by atoms with Crippen molar-refractivity contribution in [1.29, 1.82) is 0 Å². The van der Waals surface area contributed by atoms with E-state index in [-0.39, 0.29) is 30.3 Å².